The highest BCUT2D eigenvalue weighted by atomic mass is 16.2. The van der Waals surface area contributed by atoms with Gasteiger partial charge in [-0.1, -0.05) is 72.8 Å². The molecule has 32 heavy (non-hydrogen) atoms. The summed E-state index contributed by atoms with van der Waals surface area (Å²) in [7, 11) is 0. The van der Waals surface area contributed by atoms with Crippen molar-refractivity contribution in [1.29, 1.82) is 0 Å². The fourth-order valence-corrected chi connectivity index (χ4v) is 4.81. The van der Waals surface area contributed by atoms with E-state index in [-0.39, 0.29) is 17.9 Å². The molecule has 1 amide bonds. The highest BCUT2D eigenvalue weighted by molar-refractivity contribution is 5.84. The van der Waals surface area contributed by atoms with E-state index in [1.165, 1.54) is 27.6 Å². The van der Waals surface area contributed by atoms with Crippen LogP contribution in [0.4, 0.5) is 0 Å². The van der Waals surface area contributed by atoms with Gasteiger partial charge in [-0.25, -0.2) is 0 Å². The van der Waals surface area contributed by atoms with Crippen LogP contribution in [0.5, 0.6) is 0 Å². The van der Waals surface area contributed by atoms with Gasteiger partial charge in [0.2, 0.25) is 5.91 Å². The number of carbonyl (C=O) groups excluding carboxylic acids is 1. The number of hydrogen-bond acceptors (Lipinski definition) is 2. The largest absolute Gasteiger partial charge is 0.361 e. The number of benzene rings is 3. The van der Waals surface area contributed by atoms with E-state index in [9.17, 15) is 4.79 Å². The molecule has 0 fully saturated rings. The van der Waals surface area contributed by atoms with Gasteiger partial charge in [-0.05, 0) is 41.7 Å². The lowest BCUT2D eigenvalue weighted by Crippen LogP contribution is -2.47. The van der Waals surface area contributed by atoms with E-state index in [0.717, 1.165) is 18.5 Å². The van der Waals surface area contributed by atoms with Gasteiger partial charge in [0.1, 0.15) is 0 Å². The lowest BCUT2D eigenvalue weighted by molar-refractivity contribution is -0.134. The first-order valence-corrected chi connectivity index (χ1v) is 11.4. The van der Waals surface area contributed by atoms with Crippen molar-refractivity contribution in [3.8, 4) is 0 Å². The van der Waals surface area contributed by atoms with E-state index in [4.69, 9.17) is 0 Å². The molecule has 5 rings (SSSR count). The third-order valence-electron chi connectivity index (χ3n) is 6.64. The third-order valence-corrected chi connectivity index (χ3v) is 6.64. The lowest BCUT2D eigenvalue weighted by Gasteiger charge is -2.31. The smallest absolute Gasteiger partial charge is 0.239 e. The summed E-state index contributed by atoms with van der Waals surface area (Å²) < 4.78 is 0. The van der Waals surface area contributed by atoms with Gasteiger partial charge in [-0.3, -0.25) is 4.79 Å². The van der Waals surface area contributed by atoms with Crippen molar-refractivity contribution in [3.05, 3.63) is 107 Å². The van der Waals surface area contributed by atoms with Gasteiger partial charge < -0.3 is 15.2 Å². The van der Waals surface area contributed by atoms with Gasteiger partial charge in [0.15, 0.2) is 0 Å². The predicted octanol–water partition coefficient (Wildman–Crippen LogP) is 4.86. The molecule has 2 N–H and O–H groups in total. The van der Waals surface area contributed by atoms with Crippen molar-refractivity contribution in [2.45, 2.75) is 31.8 Å². The van der Waals surface area contributed by atoms with Gasteiger partial charge in [0, 0.05) is 42.7 Å². The minimum atomic E-state index is -0.239. The monoisotopic (exact) mass is 423 g/mol. The number of carbonyl (C=O) groups is 1. The minimum Gasteiger partial charge on any atom is -0.361 e. The van der Waals surface area contributed by atoms with Crippen LogP contribution in [-0.4, -0.2) is 34.9 Å². The van der Waals surface area contributed by atoms with E-state index in [1.54, 1.807) is 0 Å². The van der Waals surface area contributed by atoms with Gasteiger partial charge in [0.05, 0.1) is 6.04 Å². The summed E-state index contributed by atoms with van der Waals surface area (Å²) in [4.78, 5) is 18.6. The molecule has 1 aromatic heterocycles. The molecule has 0 radical (unpaired) electrons. The van der Waals surface area contributed by atoms with E-state index >= 15 is 0 Å². The Morgan fingerprint density at radius 1 is 0.969 bits per heavy atom. The Balaban J connectivity index is 1.33. The second-order valence-electron chi connectivity index (χ2n) is 8.66. The minimum absolute atomic E-state index is 0.157. The second kappa shape index (κ2) is 9.01. The summed E-state index contributed by atoms with van der Waals surface area (Å²) in [5, 5.41) is 4.78. The Kier molecular flexibility index (Phi) is 5.78. The first-order valence-electron chi connectivity index (χ1n) is 11.4. The number of hydrogen-bond donors (Lipinski definition) is 2. The summed E-state index contributed by atoms with van der Waals surface area (Å²) >= 11 is 0. The Bertz CT molecular complexity index is 1210. The van der Waals surface area contributed by atoms with Crippen molar-refractivity contribution in [3.63, 3.8) is 0 Å². The maximum absolute atomic E-state index is 13.2. The van der Waals surface area contributed by atoms with Crippen molar-refractivity contribution in [2.75, 3.05) is 13.1 Å². The van der Waals surface area contributed by atoms with E-state index in [1.807, 2.05) is 17.9 Å². The first kappa shape index (κ1) is 20.5. The van der Waals surface area contributed by atoms with Crippen molar-refractivity contribution in [2.24, 2.45) is 0 Å². The topological polar surface area (TPSA) is 48.1 Å². The van der Waals surface area contributed by atoms with Crippen LogP contribution < -0.4 is 5.32 Å². The molecule has 0 saturated heterocycles. The molecule has 2 atom stereocenters. The summed E-state index contributed by atoms with van der Waals surface area (Å²) in [6.45, 7) is 4.17. The molecule has 1 aliphatic rings. The molecule has 0 saturated carbocycles. The zero-order valence-corrected chi connectivity index (χ0v) is 18.4. The lowest BCUT2D eigenvalue weighted by atomic mass is 9.90. The van der Waals surface area contributed by atoms with Crippen LogP contribution in [0.1, 0.15) is 35.1 Å². The predicted molar refractivity (Wildman–Crippen MR) is 130 cm³/mol. The van der Waals surface area contributed by atoms with Crippen molar-refractivity contribution >= 4 is 16.8 Å². The Morgan fingerprint density at radius 3 is 2.53 bits per heavy atom. The van der Waals surface area contributed by atoms with Gasteiger partial charge in [-0.2, -0.15) is 0 Å². The summed E-state index contributed by atoms with van der Waals surface area (Å²) in [6, 6.07) is 27.1. The van der Waals surface area contributed by atoms with Crippen LogP contribution >= 0.6 is 0 Å². The van der Waals surface area contributed by atoms with Crippen LogP contribution in [0, 0.1) is 0 Å². The van der Waals surface area contributed by atoms with Gasteiger partial charge in [-0.15, -0.1) is 0 Å². The maximum atomic E-state index is 13.2. The molecule has 3 aromatic carbocycles. The first-order chi connectivity index (χ1) is 15.7. The fraction of sp³-hybridized carbons (Fsp3) is 0.250. The molecule has 1 aliphatic heterocycles. The quantitative estimate of drug-likeness (QED) is 0.465. The SMILES string of the molecule is C[C@@H](NC[C@H](c1ccccc1)c1c[nH]c2ccccc12)C(=O)N1CCc2ccccc2C1. The maximum Gasteiger partial charge on any atom is 0.239 e. The molecular weight excluding hydrogens is 394 g/mol. The number of amides is 1. The molecule has 0 bridgehead atoms. The van der Waals surface area contributed by atoms with Crippen molar-refractivity contribution in [1.82, 2.24) is 15.2 Å². The molecule has 0 unspecified atom stereocenters. The van der Waals surface area contributed by atoms with Gasteiger partial charge >= 0.3 is 0 Å². The summed E-state index contributed by atoms with van der Waals surface area (Å²) in [5.41, 5.74) is 6.27. The number of nitrogens with one attached hydrogen (secondary N) is 2. The number of aromatic amines is 1. The Labute approximate surface area is 189 Å². The van der Waals surface area contributed by atoms with E-state index < -0.39 is 0 Å². The number of H-pyrrole nitrogens is 1. The molecule has 4 nitrogen and oxygen atoms in total. The normalized spacial score (nSPS) is 15.3. The molecule has 4 aromatic rings. The molecule has 4 heteroatoms. The van der Waals surface area contributed by atoms with E-state index in [0.29, 0.717) is 13.1 Å². The number of aromatic nitrogens is 1. The van der Waals surface area contributed by atoms with Crippen LogP contribution in [0.25, 0.3) is 10.9 Å². The van der Waals surface area contributed by atoms with Crippen LogP contribution in [0.3, 0.4) is 0 Å². The number of fused-ring (bicyclic) bond motifs is 2. The second-order valence-corrected chi connectivity index (χ2v) is 8.66. The molecule has 2 heterocycles. The van der Waals surface area contributed by atoms with Crippen LogP contribution in [-0.2, 0) is 17.8 Å². The molecule has 162 valence electrons. The highest BCUT2D eigenvalue weighted by Gasteiger charge is 2.26. The summed E-state index contributed by atoms with van der Waals surface area (Å²) in [6.07, 6.45) is 3.04. The fourth-order valence-electron chi connectivity index (χ4n) is 4.81. The third kappa shape index (κ3) is 4.06. The highest BCUT2D eigenvalue weighted by Crippen LogP contribution is 2.30. The average molecular weight is 424 g/mol. The molecule has 0 spiro atoms. The van der Waals surface area contributed by atoms with Crippen LogP contribution in [0.15, 0.2) is 85.1 Å². The van der Waals surface area contributed by atoms with E-state index in [2.05, 4.69) is 89.3 Å². The Morgan fingerprint density at radius 2 is 1.69 bits per heavy atom. The average Bonchev–Trinajstić information content (AvgIpc) is 3.28. The Hall–Kier alpha value is -3.37. The zero-order valence-electron chi connectivity index (χ0n) is 18.4. The molecule has 0 aliphatic carbocycles. The zero-order chi connectivity index (χ0) is 21.9. The van der Waals surface area contributed by atoms with Gasteiger partial charge in [0.25, 0.3) is 0 Å². The van der Waals surface area contributed by atoms with Crippen molar-refractivity contribution < 1.29 is 4.79 Å². The number of nitrogens with zero attached hydrogens (tertiary/aromatic N) is 1. The number of rotatable bonds is 6. The number of para-hydroxylation sites is 1. The van der Waals surface area contributed by atoms with Crippen LogP contribution in [0.2, 0.25) is 0 Å². The molecular formula is C28H29N3O. The standard InChI is InChI=1S/C28H29N3O/c1-20(28(32)31-16-15-21-9-5-6-12-23(21)19-31)29-17-25(22-10-3-2-4-11-22)26-18-30-27-14-8-7-13-24(26)27/h2-14,18,20,25,29-30H,15-17,19H2,1H3/t20-,25-/m1/s1. The summed E-state index contributed by atoms with van der Waals surface area (Å²) in [5.74, 6) is 0.329.